The Morgan fingerprint density at radius 2 is 1.77 bits per heavy atom. The SMILES string of the molecule is O=C(CCn1c(=O)oc2cc(Cl)ccc21)OCCOc1ccc(Cl)cc1. The first-order valence-corrected chi connectivity index (χ1v) is 8.61. The molecule has 3 aromatic rings. The van der Waals surface area contributed by atoms with Crippen LogP contribution >= 0.6 is 23.2 Å². The molecule has 8 heteroatoms. The number of aromatic nitrogens is 1. The Morgan fingerprint density at radius 1 is 1.04 bits per heavy atom. The molecule has 0 amide bonds. The van der Waals surface area contributed by atoms with Gasteiger partial charge < -0.3 is 13.9 Å². The third kappa shape index (κ3) is 4.59. The van der Waals surface area contributed by atoms with Crippen molar-refractivity contribution in [3.05, 3.63) is 63.1 Å². The minimum atomic E-state index is -0.541. The van der Waals surface area contributed by atoms with Crippen molar-refractivity contribution in [1.82, 2.24) is 4.57 Å². The number of ether oxygens (including phenoxy) is 2. The quantitative estimate of drug-likeness (QED) is 0.447. The van der Waals surface area contributed by atoms with Crippen LogP contribution in [-0.4, -0.2) is 23.8 Å². The number of fused-ring (bicyclic) bond motifs is 1. The number of hydrogen-bond acceptors (Lipinski definition) is 5. The maximum Gasteiger partial charge on any atom is 0.419 e. The molecule has 1 aromatic heterocycles. The van der Waals surface area contributed by atoms with Gasteiger partial charge in [0.05, 0.1) is 11.9 Å². The fourth-order valence-electron chi connectivity index (χ4n) is 2.37. The summed E-state index contributed by atoms with van der Waals surface area (Å²) in [6.07, 6.45) is 0.0398. The average Bonchev–Trinajstić information content (AvgIpc) is 2.92. The molecule has 0 radical (unpaired) electrons. The zero-order valence-electron chi connectivity index (χ0n) is 13.6. The molecule has 0 saturated heterocycles. The molecular weight excluding hydrogens is 381 g/mol. The number of nitrogens with zero attached hydrogens (tertiary/aromatic N) is 1. The molecule has 136 valence electrons. The number of oxazole rings is 1. The second kappa shape index (κ2) is 8.29. The standard InChI is InChI=1S/C18H15Cl2NO5/c19-12-1-4-14(5-2-12)24-9-10-25-17(22)7-8-21-15-6-3-13(20)11-16(15)26-18(21)23/h1-6,11H,7-10H2. The van der Waals surface area contributed by atoms with E-state index in [2.05, 4.69) is 0 Å². The summed E-state index contributed by atoms with van der Waals surface area (Å²) in [6.45, 7) is 0.489. The fourth-order valence-corrected chi connectivity index (χ4v) is 2.66. The Bertz CT molecular complexity index is 962. The summed E-state index contributed by atoms with van der Waals surface area (Å²) in [6, 6.07) is 11.8. The third-order valence-electron chi connectivity index (χ3n) is 3.60. The fraction of sp³-hybridized carbons (Fsp3) is 0.222. The topological polar surface area (TPSA) is 70.7 Å². The van der Waals surface area contributed by atoms with Gasteiger partial charge in [0.1, 0.15) is 19.0 Å². The molecule has 2 aromatic carbocycles. The number of halogens is 2. The number of carbonyl (C=O) groups is 1. The van der Waals surface area contributed by atoms with E-state index in [1.807, 2.05) is 0 Å². The van der Waals surface area contributed by atoms with Crippen LogP contribution in [0.1, 0.15) is 6.42 Å². The molecule has 0 fully saturated rings. The van der Waals surface area contributed by atoms with E-state index in [9.17, 15) is 9.59 Å². The lowest BCUT2D eigenvalue weighted by Gasteiger charge is -2.07. The second-order valence-corrected chi connectivity index (χ2v) is 6.28. The largest absolute Gasteiger partial charge is 0.490 e. The summed E-state index contributed by atoms with van der Waals surface area (Å²) in [5.74, 6) is -0.332. The maximum atomic E-state index is 11.9. The van der Waals surface area contributed by atoms with E-state index in [-0.39, 0.29) is 26.2 Å². The molecule has 0 atom stereocenters. The van der Waals surface area contributed by atoms with Gasteiger partial charge in [-0.25, -0.2) is 4.79 Å². The highest BCUT2D eigenvalue weighted by Crippen LogP contribution is 2.18. The predicted octanol–water partition coefficient (Wildman–Crippen LogP) is 3.91. The number of hydrogen-bond donors (Lipinski definition) is 0. The van der Waals surface area contributed by atoms with Crippen LogP contribution in [0.25, 0.3) is 11.1 Å². The molecule has 0 aliphatic carbocycles. The summed E-state index contributed by atoms with van der Waals surface area (Å²) >= 11 is 11.7. The molecule has 0 aliphatic heterocycles. The first kappa shape index (κ1) is 18.4. The highest BCUT2D eigenvalue weighted by Gasteiger charge is 2.12. The zero-order valence-corrected chi connectivity index (χ0v) is 15.1. The summed E-state index contributed by atoms with van der Waals surface area (Å²) in [5.41, 5.74) is 0.963. The summed E-state index contributed by atoms with van der Waals surface area (Å²) < 4.78 is 17.0. The first-order valence-electron chi connectivity index (χ1n) is 7.86. The molecule has 6 nitrogen and oxygen atoms in total. The Kier molecular flexibility index (Phi) is 5.85. The second-order valence-electron chi connectivity index (χ2n) is 5.40. The van der Waals surface area contributed by atoms with Gasteiger partial charge in [0.25, 0.3) is 0 Å². The van der Waals surface area contributed by atoms with Crippen molar-refractivity contribution in [3.63, 3.8) is 0 Å². The van der Waals surface area contributed by atoms with Crippen molar-refractivity contribution < 1.29 is 18.7 Å². The van der Waals surface area contributed by atoms with Gasteiger partial charge in [-0.2, -0.15) is 0 Å². The molecule has 0 aliphatic rings. The van der Waals surface area contributed by atoms with Crippen molar-refractivity contribution in [2.45, 2.75) is 13.0 Å². The smallest absolute Gasteiger partial charge is 0.419 e. The predicted molar refractivity (Wildman–Crippen MR) is 98.0 cm³/mol. The average molecular weight is 396 g/mol. The normalized spacial score (nSPS) is 10.8. The summed E-state index contributed by atoms with van der Waals surface area (Å²) in [4.78, 5) is 23.7. The molecule has 0 N–H and O–H groups in total. The van der Waals surface area contributed by atoms with Crippen LogP contribution in [0, 0.1) is 0 Å². The van der Waals surface area contributed by atoms with Crippen LogP contribution in [-0.2, 0) is 16.1 Å². The van der Waals surface area contributed by atoms with Crippen molar-refractivity contribution >= 4 is 40.3 Å². The lowest BCUT2D eigenvalue weighted by molar-refractivity contribution is -0.144. The zero-order chi connectivity index (χ0) is 18.5. The lowest BCUT2D eigenvalue weighted by Crippen LogP contribution is -2.18. The van der Waals surface area contributed by atoms with Gasteiger partial charge in [0, 0.05) is 22.7 Å². The highest BCUT2D eigenvalue weighted by molar-refractivity contribution is 6.31. The van der Waals surface area contributed by atoms with Crippen LogP contribution < -0.4 is 10.5 Å². The van der Waals surface area contributed by atoms with Gasteiger partial charge in [0.15, 0.2) is 5.58 Å². The van der Waals surface area contributed by atoms with E-state index in [1.54, 1.807) is 42.5 Å². The number of aryl methyl sites for hydroxylation is 1. The van der Waals surface area contributed by atoms with Gasteiger partial charge in [-0.15, -0.1) is 0 Å². The number of carbonyl (C=O) groups excluding carboxylic acids is 1. The van der Waals surface area contributed by atoms with Gasteiger partial charge in [-0.3, -0.25) is 9.36 Å². The minimum Gasteiger partial charge on any atom is -0.490 e. The monoisotopic (exact) mass is 395 g/mol. The number of esters is 1. The molecule has 0 bridgehead atoms. The third-order valence-corrected chi connectivity index (χ3v) is 4.09. The summed E-state index contributed by atoms with van der Waals surface area (Å²) in [7, 11) is 0. The van der Waals surface area contributed by atoms with E-state index in [0.717, 1.165) is 0 Å². The Labute approximate surface area is 158 Å². The number of rotatable bonds is 7. The Morgan fingerprint density at radius 3 is 2.54 bits per heavy atom. The summed E-state index contributed by atoms with van der Waals surface area (Å²) in [5, 5.41) is 1.09. The van der Waals surface area contributed by atoms with Gasteiger partial charge >= 0.3 is 11.7 Å². The lowest BCUT2D eigenvalue weighted by atomic mass is 10.3. The van der Waals surface area contributed by atoms with Crippen LogP contribution in [0.2, 0.25) is 10.0 Å². The van der Waals surface area contributed by atoms with Gasteiger partial charge in [-0.05, 0) is 36.4 Å². The van der Waals surface area contributed by atoms with E-state index in [4.69, 9.17) is 37.1 Å². The maximum absolute atomic E-state index is 11.9. The van der Waals surface area contributed by atoms with Gasteiger partial charge in [0.2, 0.25) is 0 Å². The van der Waals surface area contributed by atoms with Crippen LogP contribution in [0.4, 0.5) is 0 Å². The van der Waals surface area contributed by atoms with Crippen LogP contribution in [0.15, 0.2) is 51.7 Å². The van der Waals surface area contributed by atoms with Crippen LogP contribution in [0.5, 0.6) is 5.75 Å². The van der Waals surface area contributed by atoms with E-state index >= 15 is 0 Å². The highest BCUT2D eigenvalue weighted by atomic mass is 35.5. The van der Waals surface area contributed by atoms with E-state index in [0.29, 0.717) is 26.9 Å². The Hall–Kier alpha value is -2.44. The van der Waals surface area contributed by atoms with Crippen molar-refractivity contribution in [1.29, 1.82) is 0 Å². The van der Waals surface area contributed by atoms with E-state index < -0.39 is 11.7 Å². The molecule has 1 heterocycles. The van der Waals surface area contributed by atoms with E-state index in [1.165, 1.54) is 4.57 Å². The first-order chi connectivity index (χ1) is 12.5. The van der Waals surface area contributed by atoms with Crippen molar-refractivity contribution in [2.24, 2.45) is 0 Å². The molecule has 0 spiro atoms. The minimum absolute atomic E-state index is 0.0398. The van der Waals surface area contributed by atoms with Crippen molar-refractivity contribution in [2.75, 3.05) is 13.2 Å². The number of benzene rings is 2. The van der Waals surface area contributed by atoms with Crippen molar-refractivity contribution in [3.8, 4) is 5.75 Å². The van der Waals surface area contributed by atoms with Gasteiger partial charge in [-0.1, -0.05) is 23.2 Å². The molecule has 0 saturated carbocycles. The van der Waals surface area contributed by atoms with Crippen LogP contribution in [0.3, 0.4) is 0 Å². The molecule has 0 unspecified atom stereocenters. The molecule has 26 heavy (non-hydrogen) atoms. The Balaban J connectivity index is 1.46. The molecule has 3 rings (SSSR count). The molecular formula is C18H15Cl2NO5.